The van der Waals surface area contributed by atoms with E-state index in [1.807, 2.05) is 62.4 Å². The highest BCUT2D eigenvalue weighted by Gasteiger charge is 2.21. The topological polar surface area (TPSA) is 92.5 Å². The number of anilines is 1. The number of likely N-dealkylation sites (N-methyl/N-ethyl adjacent to an activating group) is 1. The summed E-state index contributed by atoms with van der Waals surface area (Å²) >= 11 is 0. The SMILES string of the molecule is Cc1cc(C)n2nc(C(=O)N(C)CC(=O)Nc3cccc4ccccc34)nc2n1. The van der Waals surface area contributed by atoms with E-state index in [0.29, 0.717) is 11.5 Å². The average Bonchev–Trinajstić information content (AvgIpc) is 3.12. The Hall–Kier alpha value is -3.81. The van der Waals surface area contributed by atoms with Gasteiger partial charge in [0.2, 0.25) is 11.7 Å². The van der Waals surface area contributed by atoms with Crippen molar-refractivity contribution >= 4 is 34.1 Å². The quantitative estimate of drug-likeness (QED) is 0.580. The Bertz CT molecular complexity index is 1240. The van der Waals surface area contributed by atoms with Crippen LogP contribution in [0.2, 0.25) is 0 Å². The van der Waals surface area contributed by atoms with Crippen molar-refractivity contribution in [3.8, 4) is 0 Å². The molecule has 0 spiro atoms. The van der Waals surface area contributed by atoms with E-state index in [-0.39, 0.29) is 18.3 Å². The molecule has 8 nitrogen and oxygen atoms in total. The average molecular weight is 388 g/mol. The fraction of sp³-hybridized carbons (Fsp3) is 0.190. The van der Waals surface area contributed by atoms with Crippen molar-refractivity contribution in [2.75, 3.05) is 18.9 Å². The van der Waals surface area contributed by atoms with E-state index in [9.17, 15) is 9.59 Å². The largest absolute Gasteiger partial charge is 0.330 e. The third kappa shape index (κ3) is 3.64. The fourth-order valence-corrected chi connectivity index (χ4v) is 3.24. The van der Waals surface area contributed by atoms with Crippen molar-refractivity contribution < 1.29 is 9.59 Å². The van der Waals surface area contributed by atoms with Gasteiger partial charge in [0.15, 0.2) is 0 Å². The first-order chi connectivity index (χ1) is 13.9. The molecule has 1 N–H and O–H groups in total. The van der Waals surface area contributed by atoms with Gasteiger partial charge in [0.05, 0.1) is 6.54 Å². The van der Waals surface area contributed by atoms with Gasteiger partial charge in [-0.1, -0.05) is 36.4 Å². The monoisotopic (exact) mass is 388 g/mol. The van der Waals surface area contributed by atoms with Crippen LogP contribution in [0.15, 0.2) is 48.5 Å². The van der Waals surface area contributed by atoms with Gasteiger partial charge >= 0.3 is 0 Å². The predicted octanol–water partition coefficient (Wildman–Crippen LogP) is 2.61. The summed E-state index contributed by atoms with van der Waals surface area (Å²) in [5.41, 5.74) is 2.33. The number of carbonyl (C=O) groups is 2. The molecule has 0 aliphatic carbocycles. The summed E-state index contributed by atoms with van der Waals surface area (Å²) in [6.07, 6.45) is 0. The number of hydrogen-bond donors (Lipinski definition) is 1. The number of hydrogen-bond acceptors (Lipinski definition) is 5. The summed E-state index contributed by atoms with van der Waals surface area (Å²) in [5, 5.41) is 9.07. The van der Waals surface area contributed by atoms with Crippen molar-refractivity contribution in [3.05, 3.63) is 65.7 Å². The van der Waals surface area contributed by atoms with Crippen LogP contribution < -0.4 is 5.32 Å². The Labute approximate surface area is 167 Å². The lowest BCUT2D eigenvalue weighted by atomic mass is 10.1. The summed E-state index contributed by atoms with van der Waals surface area (Å²) in [7, 11) is 1.54. The Morgan fingerprint density at radius 2 is 1.83 bits per heavy atom. The van der Waals surface area contributed by atoms with E-state index in [1.165, 1.54) is 9.42 Å². The molecule has 4 aromatic rings. The smallest absolute Gasteiger partial charge is 0.293 e. The lowest BCUT2D eigenvalue weighted by molar-refractivity contribution is -0.116. The number of aryl methyl sites for hydroxylation is 2. The molecule has 0 aliphatic rings. The number of aromatic nitrogens is 4. The van der Waals surface area contributed by atoms with Gasteiger partial charge in [0.25, 0.3) is 11.7 Å². The molecule has 0 unspecified atom stereocenters. The maximum atomic E-state index is 12.7. The van der Waals surface area contributed by atoms with Crippen molar-refractivity contribution in [2.24, 2.45) is 0 Å². The summed E-state index contributed by atoms with van der Waals surface area (Å²) in [6, 6.07) is 15.3. The zero-order valence-electron chi connectivity index (χ0n) is 16.4. The van der Waals surface area contributed by atoms with Gasteiger partial charge in [-0.25, -0.2) is 9.50 Å². The van der Waals surface area contributed by atoms with Gasteiger partial charge in [-0.2, -0.15) is 4.98 Å². The molecule has 0 aliphatic heterocycles. The van der Waals surface area contributed by atoms with Gasteiger partial charge in [0.1, 0.15) is 0 Å². The summed E-state index contributed by atoms with van der Waals surface area (Å²) in [5.74, 6) is -0.377. The van der Waals surface area contributed by atoms with E-state index in [2.05, 4.69) is 20.4 Å². The highest BCUT2D eigenvalue weighted by atomic mass is 16.2. The molecule has 0 saturated heterocycles. The Morgan fingerprint density at radius 1 is 1.07 bits per heavy atom. The van der Waals surface area contributed by atoms with Gasteiger partial charge < -0.3 is 10.2 Å². The molecule has 2 amide bonds. The van der Waals surface area contributed by atoms with Crippen LogP contribution in [-0.2, 0) is 4.79 Å². The Kier molecular flexibility index (Phi) is 4.67. The van der Waals surface area contributed by atoms with E-state index in [0.717, 1.165) is 22.2 Å². The number of carbonyl (C=O) groups excluding carboxylic acids is 2. The first-order valence-corrected chi connectivity index (χ1v) is 9.16. The molecule has 8 heteroatoms. The number of amides is 2. The highest BCUT2D eigenvalue weighted by molar-refractivity contribution is 6.04. The second-order valence-electron chi connectivity index (χ2n) is 6.92. The van der Waals surface area contributed by atoms with Gasteiger partial charge in [-0.05, 0) is 31.4 Å². The lowest BCUT2D eigenvalue weighted by Crippen LogP contribution is -2.35. The summed E-state index contributed by atoms with van der Waals surface area (Å²) < 4.78 is 1.52. The molecule has 146 valence electrons. The Balaban J connectivity index is 1.50. The number of nitrogens with zero attached hydrogens (tertiary/aromatic N) is 5. The number of fused-ring (bicyclic) bond motifs is 2. The van der Waals surface area contributed by atoms with Crippen LogP contribution in [0, 0.1) is 13.8 Å². The molecule has 0 fully saturated rings. The number of nitrogens with one attached hydrogen (secondary N) is 1. The lowest BCUT2D eigenvalue weighted by Gasteiger charge is -2.15. The van der Waals surface area contributed by atoms with Crippen LogP contribution in [0.5, 0.6) is 0 Å². The van der Waals surface area contributed by atoms with Crippen molar-refractivity contribution in [3.63, 3.8) is 0 Å². The minimum atomic E-state index is -0.444. The van der Waals surface area contributed by atoms with Gasteiger partial charge in [-0.3, -0.25) is 9.59 Å². The predicted molar refractivity (Wildman–Crippen MR) is 110 cm³/mol. The highest BCUT2D eigenvalue weighted by Crippen LogP contribution is 2.22. The van der Waals surface area contributed by atoms with Crippen molar-refractivity contribution in [1.29, 1.82) is 0 Å². The fourth-order valence-electron chi connectivity index (χ4n) is 3.24. The molecule has 4 rings (SSSR count). The second kappa shape index (κ2) is 7.31. The normalized spacial score (nSPS) is 11.0. The van der Waals surface area contributed by atoms with Crippen LogP contribution in [0.1, 0.15) is 22.0 Å². The Morgan fingerprint density at radius 3 is 2.66 bits per heavy atom. The number of benzene rings is 2. The summed E-state index contributed by atoms with van der Waals surface area (Å²) in [4.78, 5) is 35.0. The van der Waals surface area contributed by atoms with Crippen molar-refractivity contribution in [2.45, 2.75) is 13.8 Å². The first kappa shape index (κ1) is 18.5. The van der Waals surface area contributed by atoms with Crippen LogP contribution >= 0.6 is 0 Å². The first-order valence-electron chi connectivity index (χ1n) is 9.16. The van der Waals surface area contributed by atoms with Crippen LogP contribution in [0.4, 0.5) is 5.69 Å². The van der Waals surface area contributed by atoms with E-state index < -0.39 is 5.91 Å². The zero-order chi connectivity index (χ0) is 20.5. The van der Waals surface area contributed by atoms with E-state index in [1.54, 1.807) is 7.05 Å². The minimum absolute atomic E-state index is 0.00617. The maximum absolute atomic E-state index is 12.7. The standard InChI is InChI=1S/C21H20N6O2/c1-13-11-14(2)27-21(22-13)24-19(25-27)20(29)26(3)12-18(28)23-17-10-6-8-15-7-4-5-9-16(15)17/h4-11H,12H2,1-3H3,(H,23,28). The third-order valence-electron chi connectivity index (χ3n) is 4.60. The molecule has 2 heterocycles. The molecule has 0 radical (unpaired) electrons. The van der Waals surface area contributed by atoms with Crippen LogP contribution in [0.3, 0.4) is 0 Å². The molecule has 2 aromatic heterocycles. The maximum Gasteiger partial charge on any atom is 0.293 e. The molecule has 0 saturated carbocycles. The van der Waals surface area contributed by atoms with Crippen LogP contribution in [-0.4, -0.2) is 49.9 Å². The van der Waals surface area contributed by atoms with Gasteiger partial charge in [-0.15, -0.1) is 5.10 Å². The van der Waals surface area contributed by atoms with Gasteiger partial charge in [0, 0.05) is 29.5 Å². The molecule has 0 atom stereocenters. The molecule has 29 heavy (non-hydrogen) atoms. The molecule has 2 aromatic carbocycles. The van der Waals surface area contributed by atoms with Crippen LogP contribution in [0.25, 0.3) is 16.6 Å². The van der Waals surface area contributed by atoms with Crippen molar-refractivity contribution in [1.82, 2.24) is 24.5 Å². The third-order valence-corrected chi connectivity index (χ3v) is 4.60. The van der Waals surface area contributed by atoms with E-state index in [4.69, 9.17) is 0 Å². The molecular weight excluding hydrogens is 368 g/mol. The second-order valence-corrected chi connectivity index (χ2v) is 6.92. The molecule has 0 bridgehead atoms. The zero-order valence-corrected chi connectivity index (χ0v) is 16.4. The van der Waals surface area contributed by atoms with E-state index >= 15 is 0 Å². The number of rotatable bonds is 4. The molecular formula is C21H20N6O2. The summed E-state index contributed by atoms with van der Waals surface area (Å²) in [6.45, 7) is 3.60. The minimum Gasteiger partial charge on any atom is -0.330 e.